The van der Waals surface area contributed by atoms with Crippen LogP contribution in [0.1, 0.15) is 17.2 Å². The van der Waals surface area contributed by atoms with Gasteiger partial charge in [0.15, 0.2) is 5.11 Å². The van der Waals surface area contributed by atoms with E-state index in [1.165, 1.54) is 36.4 Å². The molecule has 0 bridgehead atoms. The number of aryl methyl sites for hydroxylation is 1. The molecule has 2 aliphatic rings. The molecule has 4 rings (SSSR count). The van der Waals surface area contributed by atoms with Gasteiger partial charge in [0, 0.05) is 0 Å². The van der Waals surface area contributed by atoms with Crippen LogP contribution in [0.25, 0.3) is 0 Å². The number of imide groups is 1. The Morgan fingerprint density at radius 2 is 1.81 bits per heavy atom. The van der Waals surface area contributed by atoms with Crippen molar-refractivity contribution in [2.75, 3.05) is 13.2 Å². The fourth-order valence-electron chi connectivity index (χ4n) is 3.57. The number of nitrogens with one attached hydrogen (secondary N) is 1. The minimum Gasteiger partial charge on any atom is -0.447 e. The number of rotatable bonds is 4. The van der Waals surface area contributed by atoms with Crippen LogP contribution < -0.4 is 5.32 Å². The normalized spacial score (nSPS) is 21.2. The molecule has 0 spiro atoms. The zero-order valence-electron chi connectivity index (χ0n) is 16.3. The maximum absolute atomic E-state index is 13.5. The second kappa shape index (κ2) is 7.89. The first-order valence-electron chi connectivity index (χ1n) is 9.35. The largest absolute Gasteiger partial charge is 0.447 e. The molecule has 0 unspecified atom stereocenters. The molecule has 31 heavy (non-hydrogen) atoms. The summed E-state index contributed by atoms with van der Waals surface area (Å²) in [6.45, 7) is 1.92. The number of hydrogen-bond donors (Lipinski definition) is 1. The number of nitrogens with zero attached hydrogens (tertiary/aromatic N) is 2. The Bertz CT molecular complexity index is 1150. The highest BCUT2D eigenvalue weighted by Crippen LogP contribution is 2.36. The van der Waals surface area contributed by atoms with Crippen LogP contribution in [0.5, 0.6) is 0 Å². The minimum atomic E-state index is -4.17. The lowest BCUT2D eigenvalue weighted by molar-refractivity contribution is -0.130. The van der Waals surface area contributed by atoms with Crippen LogP contribution in [0.2, 0.25) is 0 Å². The Balaban J connectivity index is 1.80. The van der Waals surface area contributed by atoms with Gasteiger partial charge >= 0.3 is 6.09 Å². The lowest BCUT2D eigenvalue weighted by Gasteiger charge is -2.28. The average molecular weight is 464 g/mol. The van der Waals surface area contributed by atoms with Gasteiger partial charge in [-0.05, 0) is 49.0 Å². The zero-order valence-corrected chi connectivity index (χ0v) is 18.0. The number of carbonyl (C=O) groups is 2. The van der Waals surface area contributed by atoms with Crippen LogP contribution in [0.15, 0.2) is 53.4 Å². The number of benzene rings is 2. The number of halogens is 1. The molecule has 11 heteroatoms. The molecule has 2 aliphatic heterocycles. The number of thiocarbonyl (C=S) groups is 1. The second-order valence-electron chi connectivity index (χ2n) is 7.14. The quantitative estimate of drug-likeness (QED) is 0.694. The molecular weight excluding hydrogens is 445 g/mol. The summed E-state index contributed by atoms with van der Waals surface area (Å²) >= 11 is 5.29. The van der Waals surface area contributed by atoms with Crippen molar-refractivity contribution in [1.82, 2.24) is 14.5 Å². The number of ether oxygens (including phenoxy) is 1. The molecule has 0 radical (unpaired) electrons. The number of carbonyl (C=O) groups excluding carboxylic acids is 2. The van der Waals surface area contributed by atoms with Gasteiger partial charge in [0.2, 0.25) is 0 Å². The second-order valence-corrected chi connectivity index (χ2v) is 9.34. The molecule has 0 aromatic heterocycles. The molecule has 162 valence electrons. The van der Waals surface area contributed by atoms with Crippen LogP contribution in [0.3, 0.4) is 0 Å². The van der Waals surface area contributed by atoms with E-state index in [9.17, 15) is 22.4 Å². The molecular formula is C20H18FN3O5S2. The van der Waals surface area contributed by atoms with Crippen molar-refractivity contribution in [1.29, 1.82) is 0 Å². The highest BCUT2D eigenvalue weighted by Gasteiger charge is 2.50. The van der Waals surface area contributed by atoms with Crippen LogP contribution in [0, 0.1) is 12.7 Å². The van der Waals surface area contributed by atoms with Crippen molar-refractivity contribution in [2.24, 2.45) is 0 Å². The van der Waals surface area contributed by atoms with Gasteiger partial charge in [-0.15, -0.1) is 0 Å². The lowest BCUT2D eigenvalue weighted by atomic mass is 10.00. The first-order valence-corrected chi connectivity index (χ1v) is 11.2. The van der Waals surface area contributed by atoms with E-state index in [0.29, 0.717) is 5.56 Å². The molecule has 8 nitrogen and oxygen atoms in total. The highest BCUT2D eigenvalue weighted by molar-refractivity contribution is 7.91. The fraction of sp³-hybridized carbons (Fsp3) is 0.250. The summed E-state index contributed by atoms with van der Waals surface area (Å²) in [5.41, 5.74) is 1.21. The Labute approximate surface area is 183 Å². The summed E-state index contributed by atoms with van der Waals surface area (Å²) < 4.78 is 46.2. The van der Waals surface area contributed by atoms with E-state index in [1.807, 2.05) is 6.92 Å². The average Bonchev–Trinajstić information content (AvgIpc) is 3.32. The third-order valence-electron chi connectivity index (χ3n) is 5.13. The van der Waals surface area contributed by atoms with Gasteiger partial charge in [-0.25, -0.2) is 26.8 Å². The molecule has 2 heterocycles. The SMILES string of the molecule is Cc1ccc(S(=O)(=O)N2C(=S)N[C@H](C(=O)N3CCOC3=O)[C@H]2c2ccc(F)cc2)cc1. The first kappa shape index (κ1) is 21.2. The molecule has 1 N–H and O–H groups in total. The van der Waals surface area contributed by atoms with E-state index >= 15 is 0 Å². The zero-order chi connectivity index (χ0) is 22.3. The van der Waals surface area contributed by atoms with Crippen molar-refractivity contribution >= 4 is 39.4 Å². The molecule has 2 amide bonds. The van der Waals surface area contributed by atoms with Gasteiger partial charge in [-0.2, -0.15) is 0 Å². The summed E-state index contributed by atoms with van der Waals surface area (Å²) in [6, 6.07) is 8.97. The summed E-state index contributed by atoms with van der Waals surface area (Å²) in [5, 5.41) is 2.54. The monoisotopic (exact) mass is 463 g/mol. The fourth-order valence-corrected chi connectivity index (χ4v) is 5.62. The summed E-state index contributed by atoms with van der Waals surface area (Å²) in [7, 11) is -4.17. The van der Waals surface area contributed by atoms with Crippen molar-refractivity contribution in [3.05, 3.63) is 65.5 Å². The Hall–Kier alpha value is -3.05. The van der Waals surface area contributed by atoms with E-state index < -0.39 is 39.9 Å². The first-order chi connectivity index (χ1) is 14.7. The number of hydrogen-bond acceptors (Lipinski definition) is 6. The molecule has 2 aromatic rings. The molecule has 0 saturated carbocycles. The van der Waals surface area contributed by atoms with Crippen molar-refractivity contribution in [2.45, 2.75) is 23.9 Å². The molecule has 2 fully saturated rings. The van der Waals surface area contributed by atoms with Gasteiger partial charge in [-0.3, -0.25) is 4.79 Å². The molecule has 2 atom stereocenters. The predicted octanol–water partition coefficient (Wildman–Crippen LogP) is 2.10. The van der Waals surface area contributed by atoms with Gasteiger partial charge in [0.05, 0.1) is 11.4 Å². The van der Waals surface area contributed by atoms with Gasteiger partial charge in [0.1, 0.15) is 24.5 Å². The maximum atomic E-state index is 13.5. The summed E-state index contributed by atoms with van der Waals surface area (Å²) in [5.74, 6) is -1.20. The van der Waals surface area contributed by atoms with Crippen molar-refractivity contribution in [3.8, 4) is 0 Å². The van der Waals surface area contributed by atoms with Gasteiger partial charge < -0.3 is 10.1 Å². The highest BCUT2D eigenvalue weighted by atomic mass is 32.2. The van der Waals surface area contributed by atoms with Crippen LogP contribution in [0.4, 0.5) is 9.18 Å². The van der Waals surface area contributed by atoms with E-state index in [4.69, 9.17) is 17.0 Å². The standard InChI is InChI=1S/C20H18FN3O5S2/c1-12-2-8-15(9-3-12)31(27,28)24-17(13-4-6-14(21)7-5-13)16(22-19(24)30)18(25)23-10-11-29-20(23)26/h2-9,16-17H,10-11H2,1H3,(H,22,30)/t16-,17+/m0/s1. The van der Waals surface area contributed by atoms with Crippen LogP contribution >= 0.6 is 12.2 Å². The lowest BCUT2D eigenvalue weighted by Crippen LogP contribution is -2.47. The van der Waals surface area contributed by atoms with E-state index in [-0.39, 0.29) is 23.2 Å². The van der Waals surface area contributed by atoms with Crippen LogP contribution in [-0.4, -0.2) is 53.9 Å². The molecule has 2 aromatic carbocycles. The third-order valence-corrected chi connectivity index (χ3v) is 7.36. The minimum absolute atomic E-state index is 0.0111. The number of amides is 2. The maximum Gasteiger partial charge on any atom is 0.416 e. The number of cyclic esters (lactones) is 1. The Morgan fingerprint density at radius 3 is 2.39 bits per heavy atom. The van der Waals surface area contributed by atoms with Crippen molar-refractivity contribution in [3.63, 3.8) is 0 Å². The predicted molar refractivity (Wildman–Crippen MR) is 112 cm³/mol. The number of sulfonamides is 1. The Morgan fingerprint density at radius 1 is 1.16 bits per heavy atom. The molecule has 0 aliphatic carbocycles. The van der Waals surface area contributed by atoms with Crippen LogP contribution in [-0.2, 0) is 19.6 Å². The third kappa shape index (κ3) is 3.74. The van der Waals surface area contributed by atoms with E-state index in [2.05, 4.69) is 5.32 Å². The topological polar surface area (TPSA) is 96.0 Å². The smallest absolute Gasteiger partial charge is 0.416 e. The molecule has 2 saturated heterocycles. The van der Waals surface area contributed by atoms with Gasteiger partial charge in [-0.1, -0.05) is 29.8 Å². The Kier molecular flexibility index (Phi) is 5.40. The van der Waals surface area contributed by atoms with Crippen molar-refractivity contribution < 1.29 is 27.1 Å². The van der Waals surface area contributed by atoms with Gasteiger partial charge in [0.25, 0.3) is 15.9 Å². The summed E-state index contributed by atoms with van der Waals surface area (Å²) in [4.78, 5) is 25.9. The summed E-state index contributed by atoms with van der Waals surface area (Å²) in [6.07, 6.45) is -0.810. The van der Waals surface area contributed by atoms with E-state index in [1.54, 1.807) is 12.1 Å². The van der Waals surface area contributed by atoms with E-state index in [0.717, 1.165) is 14.8 Å².